The Morgan fingerprint density at radius 1 is 1.17 bits per heavy atom. The largest absolute Gasteiger partial charge is 0.382 e. The first-order valence-corrected chi connectivity index (χ1v) is 4.53. The Balaban J connectivity index is 3.14. The van der Waals surface area contributed by atoms with E-state index in [2.05, 4.69) is 26.3 Å². The number of ether oxygens (including phenoxy) is 1. The molecule has 0 radical (unpaired) electrons. The van der Waals surface area contributed by atoms with Gasteiger partial charge in [-0.1, -0.05) is 13.8 Å². The standard InChI is InChI=1S/C9H21NO2/c1-8(2)7-9(3)10-12-6-5-11-4/h8-10H,5-7H2,1-4H3. The van der Waals surface area contributed by atoms with Crippen LogP contribution in [0.25, 0.3) is 0 Å². The molecule has 1 atom stereocenters. The van der Waals surface area contributed by atoms with Crippen LogP contribution in [0, 0.1) is 5.92 Å². The van der Waals surface area contributed by atoms with Crippen molar-refractivity contribution in [2.24, 2.45) is 5.92 Å². The maximum Gasteiger partial charge on any atom is 0.0915 e. The second-order valence-electron chi connectivity index (χ2n) is 3.49. The number of rotatable bonds is 7. The third kappa shape index (κ3) is 7.98. The van der Waals surface area contributed by atoms with Gasteiger partial charge < -0.3 is 4.74 Å². The van der Waals surface area contributed by atoms with Crippen LogP contribution >= 0.6 is 0 Å². The van der Waals surface area contributed by atoms with Gasteiger partial charge in [-0.3, -0.25) is 4.84 Å². The molecule has 1 N–H and O–H groups in total. The summed E-state index contributed by atoms with van der Waals surface area (Å²) in [6, 6.07) is 0.418. The van der Waals surface area contributed by atoms with Crippen LogP contribution in [0.3, 0.4) is 0 Å². The molecule has 0 saturated heterocycles. The van der Waals surface area contributed by atoms with E-state index in [4.69, 9.17) is 9.57 Å². The molecule has 0 saturated carbocycles. The molecule has 74 valence electrons. The Morgan fingerprint density at radius 3 is 2.33 bits per heavy atom. The van der Waals surface area contributed by atoms with Gasteiger partial charge in [-0.05, 0) is 19.3 Å². The highest BCUT2D eigenvalue weighted by atomic mass is 16.7. The van der Waals surface area contributed by atoms with E-state index < -0.39 is 0 Å². The zero-order valence-electron chi connectivity index (χ0n) is 8.59. The molecule has 0 aromatic carbocycles. The van der Waals surface area contributed by atoms with Gasteiger partial charge in [-0.2, -0.15) is 5.48 Å². The normalized spacial score (nSPS) is 13.8. The van der Waals surface area contributed by atoms with Gasteiger partial charge in [0, 0.05) is 13.2 Å². The maximum atomic E-state index is 5.16. The summed E-state index contributed by atoms with van der Waals surface area (Å²) in [6.45, 7) is 7.77. The Hall–Kier alpha value is -0.120. The molecule has 0 aliphatic rings. The van der Waals surface area contributed by atoms with Gasteiger partial charge >= 0.3 is 0 Å². The van der Waals surface area contributed by atoms with Crippen LogP contribution in [0.2, 0.25) is 0 Å². The van der Waals surface area contributed by atoms with Crippen molar-refractivity contribution in [1.82, 2.24) is 5.48 Å². The van der Waals surface area contributed by atoms with Gasteiger partial charge in [0.05, 0.1) is 13.2 Å². The van der Waals surface area contributed by atoms with Gasteiger partial charge in [0.15, 0.2) is 0 Å². The lowest BCUT2D eigenvalue weighted by Crippen LogP contribution is -2.28. The highest BCUT2D eigenvalue weighted by molar-refractivity contribution is 4.56. The highest BCUT2D eigenvalue weighted by Crippen LogP contribution is 2.03. The first-order chi connectivity index (χ1) is 5.66. The predicted molar refractivity (Wildman–Crippen MR) is 49.9 cm³/mol. The van der Waals surface area contributed by atoms with Crippen LogP contribution in [0.5, 0.6) is 0 Å². The molecular weight excluding hydrogens is 154 g/mol. The van der Waals surface area contributed by atoms with Gasteiger partial charge in [0.1, 0.15) is 0 Å². The Bertz CT molecular complexity index is 96.5. The summed E-state index contributed by atoms with van der Waals surface area (Å²) in [5.74, 6) is 0.707. The molecule has 0 aromatic heterocycles. The maximum absolute atomic E-state index is 5.16. The average molecular weight is 175 g/mol. The number of nitrogens with one attached hydrogen (secondary N) is 1. The Morgan fingerprint density at radius 2 is 1.83 bits per heavy atom. The first kappa shape index (κ1) is 11.9. The molecular formula is C9H21NO2. The van der Waals surface area contributed by atoms with E-state index in [9.17, 15) is 0 Å². The summed E-state index contributed by atoms with van der Waals surface area (Å²) in [5, 5.41) is 0. The summed E-state index contributed by atoms with van der Waals surface area (Å²) in [7, 11) is 1.67. The lowest BCUT2D eigenvalue weighted by Gasteiger charge is -2.15. The van der Waals surface area contributed by atoms with Crippen molar-refractivity contribution in [2.45, 2.75) is 33.2 Å². The molecule has 0 bridgehead atoms. The van der Waals surface area contributed by atoms with Crippen molar-refractivity contribution in [2.75, 3.05) is 20.3 Å². The Kier molecular flexibility index (Phi) is 7.45. The third-order valence-electron chi connectivity index (χ3n) is 1.50. The smallest absolute Gasteiger partial charge is 0.0915 e. The van der Waals surface area contributed by atoms with Gasteiger partial charge in [0.25, 0.3) is 0 Å². The fourth-order valence-corrected chi connectivity index (χ4v) is 1.08. The van der Waals surface area contributed by atoms with Gasteiger partial charge in [-0.15, -0.1) is 0 Å². The van der Waals surface area contributed by atoms with Crippen LogP contribution in [0.4, 0.5) is 0 Å². The number of methoxy groups -OCH3 is 1. The van der Waals surface area contributed by atoms with Crippen molar-refractivity contribution < 1.29 is 9.57 Å². The fraction of sp³-hybridized carbons (Fsp3) is 1.00. The molecule has 0 amide bonds. The van der Waals surface area contributed by atoms with E-state index in [-0.39, 0.29) is 0 Å². The quantitative estimate of drug-likeness (QED) is 0.471. The summed E-state index contributed by atoms with van der Waals surface area (Å²) >= 11 is 0. The molecule has 0 fully saturated rings. The average Bonchev–Trinajstić information content (AvgIpc) is 1.97. The molecule has 0 spiro atoms. The monoisotopic (exact) mass is 175 g/mol. The minimum atomic E-state index is 0.418. The SMILES string of the molecule is COCCONC(C)CC(C)C. The van der Waals surface area contributed by atoms with Crippen LogP contribution in [-0.4, -0.2) is 26.4 Å². The fourth-order valence-electron chi connectivity index (χ4n) is 1.08. The minimum absolute atomic E-state index is 0.418. The van der Waals surface area contributed by atoms with Crippen molar-refractivity contribution in [1.29, 1.82) is 0 Å². The molecule has 0 rings (SSSR count). The first-order valence-electron chi connectivity index (χ1n) is 4.53. The Labute approximate surface area is 75.4 Å². The minimum Gasteiger partial charge on any atom is -0.382 e. The highest BCUT2D eigenvalue weighted by Gasteiger charge is 2.03. The molecule has 0 aromatic rings. The van der Waals surface area contributed by atoms with E-state index in [1.54, 1.807) is 7.11 Å². The summed E-state index contributed by atoms with van der Waals surface area (Å²) in [5.41, 5.74) is 2.97. The van der Waals surface area contributed by atoms with Crippen LogP contribution in [0.15, 0.2) is 0 Å². The van der Waals surface area contributed by atoms with E-state index in [1.165, 1.54) is 0 Å². The van der Waals surface area contributed by atoms with E-state index in [0.717, 1.165) is 6.42 Å². The number of hydrogen-bond acceptors (Lipinski definition) is 3. The van der Waals surface area contributed by atoms with E-state index in [1.807, 2.05) is 0 Å². The molecule has 12 heavy (non-hydrogen) atoms. The predicted octanol–water partition coefficient (Wildman–Crippen LogP) is 1.59. The van der Waals surface area contributed by atoms with Gasteiger partial charge in [-0.25, -0.2) is 0 Å². The second kappa shape index (κ2) is 7.53. The third-order valence-corrected chi connectivity index (χ3v) is 1.50. The molecule has 0 aliphatic heterocycles. The van der Waals surface area contributed by atoms with Crippen molar-refractivity contribution in [3.8, 4) is 0 Å². The van der Waals surface area contributed by atoms with Crippen LogP contribution in [-0.2, 0) is 9.57 Å². The molecule has 0 heterocycles. The second-order valence-corrected chi connectivity index (χ2v) is 3.49. The number of hydroxylamine groups is 1. The van der Waals surface area contributed by atoms with E-state index in [0.29, 0.717) is 25.2 Å². The van der Waals surface area contributed by atoms with Crippen molar-refractivity contribution in [3.05, 3.63) is 0 Å². The van der Waals surface area contributed by atoms with Crippen molar-refractivity contribution >= 4 is 0 Å². The van der Waals surface area contributed by atoms with Crippen LogP contribution < -0.4 is 5.48 Å². The molecule has 3 heteroatoms. The lowest BCUT2D eigenvalue weighted by atomic mass is 10.1. The molecule has 0 aliphatic carbocycles. The van der Waals surface area contributed by atoms with Crippen LogP contribution in [0.1, 0.15) is 27.2 Å². The van der Waals surface area contributed by atoms with Gasteiger partial charge in [0.2, 0.25) is 0 Å². The lowest BCUT2D eigenvalue weighted by molar-refractivity contribution is -0.0119. The summed E-state index contributed by atoms with van der Waals surface area (Å²) in [6.07, 6.45) is 1.13. The number of hydrogen-bond donors (Lipinski definition) is 1. The zero-order chi connectivity index (χ0) is 9.40. The summed E-state index contributed by atoms with van der Waals surface area (Å²) in [4.78, 5) is 5.16. The molecule has 1 unspecified atom stereocenters. The van der Waals surface area contributed by atoms with E-state index >= 15 is 0 Å². The molecule has 3 nitrogen and oxygen atoms in total. The van der Waals surface area contributed by atoms with Crippen molar-refractivity contribution in [3.63, 3.8) is 0 Å². The summed E-state index contributed by atoms with van der Waals surface area (Å²) < 4.78 is 4.84. The zero-order valence-corrected chi connectivity index (χ0v) is 8.59. The topological polar surface area (TPSA) is 30.5 Å².